The van der Waals surface area contributed by atoms with Crippen molar-refractivity contribution < 1.29 is 9.53 Å². The third kappa shape index (κ3) is 3.06. The molecule has 0 saturated carbocycles. The molecular formula is C12H19N3O2. The van der Waals surface area contributed by atoms with Crippen molar-refractivity contribution in [3.05, 3.63) is 18.0 Å². The second-order valence-corrected chi connectivity index (χ2v) is 4.36. The maximum atomic E-state index is 12.1. The largest absolute Gasteiger partial charge is 0.376 e. The number of aromatic amines is 1. The van der Waals surface area contributed by atoms with Crippen LogP contribution < -0.4 is 0 Å². The Bertz CT molecular complexity index is 351. The molecule has 1 aromatic rings. The molecule has 1 atom stereocenters. The molecular weight excluding hydrogens is 218 g/mol. The molecule has 2 rings (SSSR count). The van der Waals surface area contributed by atoms with Gasteiger partial charge < -0.3 is 9.64 Å². The van der Waals surface area contributed by atoms with Gasteiger partial charge in [0.2, 0.25) is 0 Å². The van der Waals surface area contributed by atoms with E-state index < -0.39 is 0 Å². The van der Waals surface area contributed by atoms with Crippen LogP contribution in [0.4, 0.5) is 0 Å². The summed E-state index contributed by atoms with van der Waals surface area (Å²) in [7, 11) is 0. The van der Waals surface area contributed by atoms with Gasteiger partial charge in [0.1, 0.15) is 5.69 Å². The van der Waals surface area contributed by atoms with Crippen molar-refractivity contribution in [3.8, 4) is 0 Å². The molecule has 1 fully saturated rings. The molecule has 1 N–H and O–H groups in total. The number of aromatic nitrogens is 2. The molecule has 0 radical (unpaired) electrons. The third-order valence-corrected chi connectivity index (χ3v) is 2.95. The number of carbonyl (C=O) groups is 1. The van der Waals surface area contributed by atoms with Gasteiger partial charge in [-0.05, 0) is 25.3 Å². The monoisotopic (exact) mass is 237 g/mol. The van der Waals surface area contributed by atoms with Gasteiger partial charge in [-0.15, -0.1) is 0 Å². The van der Waals surface area contributed by atoms with Gasteiger partial charge in [-0.3, -0.25) is 9.89 Å². The predicted molar refractivity (Wildman–Crippen MR) is 63.8 cm³/mol. The molecule has 5 heteroatoms. The minimum Gasteiger partial charge on any atom is -0.376 e. The van der Waals surface area contributed by atoms with Gasteiger partial charge in [-0.25, -0.2) is 0 Å². The second kappa shape index (κ2) is 5.82. The number of nitrogens with zero attached hydrogens (tertiary/aromatic N) is 2. The summed E-state index contributed by atoms with van der Waals surface area (Å²) in [4.78, 5) is 13.9. The van der Waals surface area contributed by atoms with Gasteiger partial charge in [0.15, 0.2) is 0 Å². The fourth-order valence-corrected chi connectivity index (χ4v) is 2.09. The SMILES string of the molecule is CCCOC1CCCN(C(=O)c2ccn[nH]2)C1. The molecule has 0 bridgehead atoms. The van der Waals surface area contributed by atoms with Gasteiger partial charge in [0.25, 0.3) is 5.91 Å². The summed E-state index contributed by atoms with van der Waals surface area (Å²) in [6.07, 6.45) is 4.87. The Hall–Kier alpha value is -1.36. The van der Waals surface area contributed by atoms with Crippen LogP contribution in [0.25, 0.3) is 0 Å². The van der Waals surface area contributed by atoms with Crippen molar-refractivity contribution in [2.75, 3.05) is 19.7 Å². The van der Waals surface area contributed by atoms with Crippen LogP contribution in [0, 0.1) is 0 Å². The van der Waals surface area contributed by atoms with Crippen molar-refractivity contribution >= 4 is 5.91 Å². The first-order valence-electron chi connectivity index (χ1n) is 6.21. The molecule has 1 aliphatic rings. The smallest absolute Gasteiger partial charge is 0.271 e. The molecule has 1 amide bonds. The zero-order chi connectivity index (χ0) is 12.1. The Balaban J connectivity index is 1.90. The highest BCUT2D eigenvalue weighted by molar-refractivity contribution is 5.92. The lowest BCUT2D eigenvalue weighted by Gasteiger charge is -2.32. The number of hydrogen-bond donors (Lipinski definition) is 1. The van der Waals surface area contributed by atoms with E-state index in [1.54, 1.807) is 12.3 Å². The minimum absolute atomic E-state index is 0.0206. The molecule has 0 aliphatic carbocycles. The van der Waals surface area contributed by atoms with Gasteiger partial charge in [0.05, 0.1) is 6.10 Å². The van der Waals surface area contributed by atoms with E-state index in [-0.39, 0.29) is 12.0 Å². The van der Waals surface area contributed by atoms with E-state index >= 15 is 0 Å². The molecule has 94 valence electrons. The van der Waals surface area contributed by atoms with Crippen molar-refractivity contribution in [3.63, 3.8) is 0 Å². The standard InChI is InChI=1S/C12H19N3O2/c1-2-8-17-10-4-3-7-15(9-10)12(16)11-5-6-13-14-11/h5-6,10H,2-4,7-9H2,1H3,(H,13,14). The number of H-pyrrole nitrogens is 1. The van der Waals surface area contributed by atoms with Crippen LogP contribution in [0.5, 0.6) is 0 Å². The summed E-state index contributed by atoms with van der Waals surface area (Å²) < 4.78 is 5.71. The quantitative estimate of drug-likeness (QED) is 0.862. The molecule has 1 aromatic heterocycles. The van der Waals surface area contributed by atoms with Crippen molar-refractivity contribution in [1.82, 2.24) is 15.1 Å². The number of piperidine rings is 1. The van der Waals surface area contributed by atoms with E-state index in [4.69, 9.17) is 4.74 Å². The van der Waals surface area contributed by atoms with Gasteiger partial charge in [-0.2, -0.15) is 5.10 Å². The first-order chi connectivity index (χ1) is 8.31. The number of amides is 1. The zero-order valence-electron chi connectivity index (χ0n) is 10.2. The molecule has 2 heterocycles. The molecule has 0 spiro atoms. The highest BCUT2D eigenvalue weighted by Gasteiger charge is 2.25. The Kier molecular flexibility index (Phi) is 4.14. The Morgan fingerprint density at radius 2 is 2.59 bits per heavy atom. The lowest BCUT2D eigenvalue weighted by molar-refractivity contribution is 0.00192. The maximum absolute atomic E-state index is 12.1. The van der Waals surface area contributed by atoms with Crippen LogP contribution in [0.1, 0.15) is 36.7 Å². The summed E-state index contributed by atoms with van der Waals surface area (Å²) in [6.45, 7) is 4.37. The molecule has 0 aromatic carbocycles. The summed E-state index contributed by atoms with van der Waals surface area (Å²) in [6, 6.07) is 1.71. The maximum Gasteiger partial charge on any atom is 0.271 e. The van der Waals surface area contributed by atoms with E-state index in [0.29, 0.717) is 12.2 Å². The first kappa shape index (κ1) is 12.1. The molecule has 1 aliphatic heterocycles. The van der Waals surface area contributed by atoms with Gasteiger partial charge >= 0.3 is 0 Å². The third-order valence-electron chi connectivity index (χ3n) is 2.95. The normalized spacial score (nSPS) is 20.5. The fraction of sp³-hybridized carbons (Fsp3) is 0.667. The van der Waals surface area contributed by atoms with Crippen LogP contribution >= 0.6 is 0 Å². The number of likely N-dealkylation sites (tertiary alicyclic amines) is 1. The van der Waals surface area contributed by atoms with Gasteiger partial charge in [0, 0.05) is 25.9 Å². The van der Waals surface area contributed by atoms with Crippen LogP contribution in [0.15, 0.2) is 12.3 Å². The lowest BCUT2D eigenvalue weighted by Crippen LogP contribution is -2.43. The Labute approximate surface area is 101 Å². The van der Waals surface area contributed by atoms with Crippen LogP contribution in [0.3, 0.4) is 0 Å². The minimum atomic E-state index is 0.0206. The zero-order valence-corrected chi connectivity index (χ0v) is 10.2. The summed E-state index contributed by atoms with van der Waals surface area (Å²) in [5, 5.41) is 6.51. The second-order valence-electron chi connectivity index (χ2n) is 4.36. The molecule has 1 saturated heterocycles. The average Bonchev–Trinajstić information content (AvgIpc) is 2.89. The number of ether oxygens (including phenoxy) is 1. The predicted octanol–water partition coefficient (Wildman–Crippen LogP) is 1.44. The lowest BCUT2D eigenvalue weighted by atomic mass is 10.1. The number of carbonyl (C=O) groups excluding carboxylic acids is 1. The van der Waals surface area contributed by atoms with Crippen LogP contribution in [-0.2, 0) is 4.74 Å². The fourth-order valence-electron chi connectivity index (χ4n) is 2.09. The van der Waals surface area contributed by atoms with Crippen LogP contribution in [-0.4, -0.2) is 46.8 Å². The summed E-state index contributed by atoms with van der Waals surface area (Å²) in [5.74, 6) is 0.0206. The summed E-state index contributed by atoms with van der Waals surface area (Å²) >= 11 is 0. The Morgan fingerprint density at radius 3 is 3.29 bits per heavy atom. The van der Waals surface area contributed by atoms with Crippen molar-refractivity contribution in [2.45, 2.75) is 32.3 Å². The molecule has 1 unspecified atom stereocenters. The van der Waals surface area contributed by atoms with E-state index in [9.17, 15) is 4.79 Å². The highest BCUT2D eigenvalue weighted by atomic mass is 16.5. The number of nitrogens with one attached hydrogen (secondary N) is 1. The summed E-state index contributed by atoms with van der Waals surface area (Å²) in [5.41, 5.74) is 0.557. The molecule has 5 nitrogen and oxygen atoms in total. The van der Waals surface area contributed by atoms with E-state index in [1.165, 1.54) is 0 Å². The van der Waals surface area contributed by atoms with Crippen molar-refractivity contribution in [1.29, 1.82) is 0 Å². The number of hydrogen-bond acceptors (Lipinski definition) is 3. The van der Waals surface area contributed by atoms with Crippen molar-refractivity contribution in [2.24, 2.45) is 0 Å². The van der Waals surface area contributed by atoms with E-state index in [1.807, 2.05) is 4.90 Å². The average molecular weight is 237 g/mol. The number of rotatable bonds is 4. The van der Waals surface area contributed by atoms with E-state index in [0.717, 1.165) is 32.4 Å². The molecule has 17 heavy (non-hydrogen) atoms. The highest BCUT2D eigenvalue weighted by Crippen LogP contribution is 2.15. The van der Waals surface area contributed by atoms with E-state index in [2.05, 4.69) is 17.1 Å². The topological polar surface area (TPSA) is 58.2 Å². The Morgan fingerprint density at radius 1 is 1.71 bits per heavy atom. The van der Waals surface area contributed by atoms with Gasteiger partial charge in [-0.1, -0.05) is 6.92 Å². The first-order valence-corrected chi connectivity index (χ1v) is 6.21. The van der Waals surface area contributed by atoms with Crippen LogP contribution in [0.2, 0.25) is 0 Å².